The zero-order chi connectivity index (χ0) is 34.6. The first-order valence-corrected chi connectivity index (χ1v) is 18.3. The smallest absolute Gasteiger partial charge is 0.0553 e. The lowest BCUT2D eigenvalue weighted by Gasteiger charge is -2.12. The van der Waals surface area contributed by atoms with E-state index < -0.39 is 0 Å². The first kappa shape index (κ1) is 28.6. The third-order valence-corrected chi connectivity index (χ3v) is 11.3. The molecule has 12 aromatic rings. The largest absolute Gasteiger partial charge is 0.309 e. The third-order valence-electron chi connectivity index (χ3n) is 11.3. The summed E-state index contributed by atoms with van der Waals surface area (Å²) in [5.41, 5.74) is 13.2. The molecule has 9 aromatic carbocycles. The molecule has 3 nitrogen and oxygen atoms in total. The third kappa shape index (κ3) is 3.99. The molecule has 12 rings (SSSR count). The van der Waals surface area contributed by atoms with Crippen LogP contribution in [0.15, 0.2) is 188 Å². The van der Waals surface area contributed by atoms with Crippen LogP contribution in [0.25, 0.3) is 104 Å². The van der Waals surface area contributed by atoms with Crippen molar-refractivity contribution >= 4 is 76.2 Å². The molecule has 246 valence electrons. The quantitative estimate of drug-likeness (QED) is 0.165. The summed E-state index contributed by atoms with van der Waals surface area (Å²) in [6.07, 6.45) is 0. The van der Waals surface area contributed by atoms with E-state index in [2.05, 4.69) is 202 Å². The van der Waals surface area contributed by atoms with Crippen LogP contribution in [-0.4, -0.2) is 13.7 Å². The summed E-state index contributed by atoms with van der Waals surface area (Å²) in [5, 5.41) is 10.2. The molecule has 0 spiro atoms. The van der Waals surface area contributed by atoms with Crippen LogP contribution in [0.2, 0.25) is 0 Å². The lowest BCUT2D eigenvalue weighted by atomic mass is 9.97. The molecule has 3 heteroatoms. The van der Waals surface area contributed by atoms with E-state index in [1.165, 1.54) is 98.7 Å². The van der Waals surface area contributed by atoms with Crippen LogP contribution in [-0.2, 0) is 0 Å². The molecule has 0 unspecified atom stereocenters. The summed E-state index contributed by atoms with van der Waals surface area (Å²) in [5.74, 6) is 0. The Morgan fingerprint density at radius 1 is 0.245 bits per heavy atom. The highest BCUT2D eigenvalue weighted by Crippen LogP contribution is 2.43. The Hall–Kier alpha value is -7.10. The fraction of sp³-hybridized carbons (Fsp3) is 0. The number of para-hydroxylation sites is 4. The van der Waals surface area contributed by atoms with Gasteiger partial charge in [-0.25, -0.2) is 0 Å². The minimum Gasteiger partial charge on any atom is -0.309 e. The number of rotatable bonds is 4. The molecule has 0 aliphatic heterocycles. The number of fused-ring (bicyclic) bond motifs is 6. The van der Waals surface area contributed by atoms with E-state index in [0.29, 0.717) is 0 Å². The van der Waals surface area contributed by atoms with Gasteiger partial charge in [-0.05, 0) is 101 Å². The van der Waals surface area contributed by atoms with Gasteiger partial charge in [0.05, 0.1) is 33.1 Å². The lowest BCUT2D eigenvalue weighted by Crippen LogP contribution is -1.96. The Morgan fingerprint density at radius 2 is 0.792 bits per heavy atom. The molecular weight excluding hydrogens is 643 g/mol. The predicted molar refractivity (Wildman–Crippen MR) is 224 cm³/mol. The van der Waals surface area contributed by atoms with Crippen molar-refractivity contribution in [2.24, 2.45) is 0 Å². The molecule has 0 amide bonds. The van der Waals surface area contributed by atoms with Crippen molar-refractivity contribution in [1.29, 1.82) is 0 Å². The summed E-state index contributed by atoms with van der Waals surface area (Å²) in [6, 6.07) is 69.0. The lowest BCUT2D eigenvalue weighted by molar-refractivity contribution is 1.17. The summed E-state index contributed by atoms with van der Waals surface area (Å²) in [7, 11) is 0. The van der Waals surface area contributed by atoms with Gasteiger partial charge in [0.15, 0.2) is 0 Å². The van der Waals surface area contributed by atoms with E-state index in [0.717, 1.165) is 5.69 Å². The van der Waals surface area contributed by atoms with Gasteiger partial charge in [0, 0.05) is 49.4 Å². The highest BCUT2D eigenvalue weighted by atomic mass is 15.0. The summed E-state index contributed by atoms with van der Waals surface area (Å²) in [6.45, 7) is 0. The summed E-state index contributed by atoms with van der Waals surface area (Å²) in [4.78, 5) is 0. The van der Waals surface area contributed by atoms with Gasteiger partial charge in [0.1, 0.15) is 0 Å². The topological polar surface area (TPSA) is 14.8 Å². The van der Waals surface area contributed by atoms with E-state index in [4.69, 9.17) is 0 Å². The predicted octanol–water partition coefficient (Wildman–Crippen LogP) is 13.2. The molecule has 3 heterocycles. The Balaban J connectivity index is 1.11. The molecular formula is C50H31N3. The van der Waals surface area contributed by atoms with Crippen LogP contribution in [0.5, 0.6) is 0 Å². The molecule has 0 fully saturated rings. The van der Waals surface area contributed by atoms with Crippen molar-refractivity contribution in [2.45, 2.75) is 0 Å². The van der Waals surface area contributed by atoms with Gasteiger partial charge in [-0.2, -0.15) is 0 Å². The number of hydrogen-bond acceptors (Lipinski definition) is 0. The van der Waals surface area contributed by atoms with Crippen molar-refractivity contribution in [3.8, 4) is 28.2 Å². The maximum atomic E-state index is 2.46. The second kappa shape index (κ2) is 10.7. The second-order valence-electron chi connectivity index (χ2n) is 14.2. The summed E-state index contributed by atoms with van der Waals surface area (Å²) < 4.78 is 7.27. The average molecular weight is 674 g/mol. The fourth-order valence-corrected chi connectivity index (χ4v) is 9.10. The number of aromatic nitrogens is 3. The Kier molecular flexibility index (Phi) is 5.77. The van der Waals surface area contributed by atoms with Gasteiger partial charge in [-0.1, -0.05) is 109 Å². The van der Waals surface area contributed by atoms with Crippen molar-refractivity contribution < 1.29 is 0 Å². The molecule has 0 saturated heterocycles. The van der Waals surface area contributed by atoms with Crippen LogP contribution in [0.1, 0.15) is 0 Å². The second-order valence-corrected chi connectivity index (χ2v) is 14.2. The van der Waals surface area contributed by atoms with Gasteiger partial charge >= 0.3 is 0 Å². The van der Waals surface area contributed by atoms with Crippen LogP contribution in [0, 0.1) is 0 Å². The van der Waals surface area contributed by atoms with Gasteiger partial charge in [-0.3, -0.25) is 0 Å². The van der Waals surface area contributed by atoms with E-state index in [1.54, 1.807) is 0 Å². The molecule has 53 heavy (non-hydrogen) atoms. The van der Waals surface area contributed by atoms with Crippen LogP contribution < -0.4 is 0 Å². The Bertz CT molecular complexity index is 3380. The van der Waals surface area contributed by atoms with E-state index in [1.807, 2.05) is 0 Å². The Morgan fingerprint density at radius 3 is 1.55 bits per heavy atom. The van der Waals surface area contributed by atoms with Crippen molar-refractivity contribution in [3.63, 3.8) is 0 Å². The van der Waals surface area contributed by atoms with Crippen molar-refractivity contribution in [1.82, 2.24) is 13.7 Å². The maximum absolute atomic E-state index is 2.46. The fourth-order valence-electron chi connectivity index (χ4n) is 9.10. The van der Waals surface area contributed by atoms with Crippen LogP contribution in [0.4, 0.5) is 0 Å². The first-order chi connectivity index (χ1) is 26.3. The van der Waals surface area contributed by atoms with E-state index >= 15 is 0 Å². The monoisotopic (exact) mass is 673 g/mol. The number of nitrogens with zero attached hydrogens (tertiary/aromatic N) is 3. The number of benzene rings is 9. The van der Waals surface area contributed by atoms with Crippen LogP contribution in [0.3, 0.4) is 0 Å². The Labute approximate surface area is 305 Å². The van der Waals surface area contributed by atoms with Crippen molar-refractivity contribution in [2.75, 3.05) is 0 Å². The van der Waals surface area contributed by atoms with Gasteiger partial charge < -0.3 is 13.7 Å². The summed E-state index contributed by atoms with van der Waals surface area (Å²) >= 11 is 0. The molecule has 0 bridgehead atoms. The number of hydrogen-bond donors (Lipinski definition) is 0. The molecule has 0 atom stereocenters. The van der Waals surface area contributed by atoms with Gasteiger partial charge in [0.2, 0.25) is 0 Å². The van der Waals surface area contributed by atoms with E-state index in [-0.39, 0.29) is 0 Å². The molecule has 0 saturated carbocycles. The molecule has 0 N–H and O–H groups in total. The maximum Gasteiger partial charge on any atom is 0.0553 e. The van der Waals surface area contributed by atoms with Crippen molar-refractivity contribution in [3.05, 3.63) is 188 Å². The zero-order valence-electron chi connectivity index (χ0n) is 28.7. The minimum absolute atomic E-state index is 1.15. The highest BCUT2D eigenvalue weighted by molar-refractivity contribution is 6.25. The normalized spacial score (nSPS) is 12.2. The molecule has 3 aromatic heterocycles. The highest BCUT2D eigenvalue weighted by Gasteiger charge is 2.20. The standard InChI is InChI=1S/C50H31N3/c1-3-13-36(14-4-1)51-44-20-10-8-18-40(44)42-31-38(25-27-45(42)51)53-43-19-9-7-17-39(43)41-26-24-33(29-47(41)53)35-28-34-23-22-32-12-11-21-46-49(32)50(34)48(30-35)52(46)37-15-5-2-6-16-37/h1-31H. The van der Waals surface area contributed by atoms with Gasteiger partial charge in [-0.15, -0.1) is 0 Å². The first-order valence-electron chi connectivity index (χ1n) is 18.3. The van der Waals surface area contributed by atoms with Gasteiger partial charge in [0.25, 0.3) is 0 Å². The SMILES string of the molecule is c1ccc(-n2c3ccccc3c3cc(-n4c5ccccc5c5ccc(-c6cc7ccc8cccc9c8c7c(c6)n9-c6ccccc6)cc54)ccc32)cc1. The minimum atomic E-state index is 1.15. The molecule has 0 radical (unpaired) electrons. The average Bonchev–Trinajstić information content (AvgIpc) is 3.86. The zero-order valence-corrected chi connectivity index (χ0v) is 28.7. The van der Waals surface area contributed by atoms with E-state index in [9.17, 15) is 0 Å². The van der Waals surface area contributed by atoms with Crippen LogP contribution >= 0.6 is 0 Å². The molecule has 0 aliphatic rings. The molecule has 0 aliphatic carbocycles.